The van der Waals surface area contributed by atoms with E-state index in [1.807, 2.05) is 0 Å². The van der Waals surface area contributed by atoms with Gasteiger partial charge in [-0.25, -0.2) is 0 Å². The molecule has 0 aromatic rings. The highest BCUT2D eigenvalue weighted by atomic mass is 16.5. The van der Waals surface area contributed by atoms with E-state index in [1.54, 1.807) is 0 Å². The van der Waals surface area contributed by atoms with Gasteiger partial charge in [0.15, 0.2) is 0 Å². The van der Waals surface area contributed by atoms with Gasteiger partial charge in [-0.1, -0.05) is 34.1 Å². The van der Waals surface area contributed by atoms with Crippen molar-refractivity contribution in [3.63, 3.8) is 0 Å². The molecule has 0 aromatic heterocycles. The predicted octanol–water partition coefficient (Wildman–Crippen LogP) is 4.00. The molecule has 0 amide bonds. The van der Waals surface area contributed by atoms with Gasteiger partial charge in [0.05, 0.1) is 0 Å². The van der Waals surface area contributed by atoms with Crippen molar-refractivity contribution in [3.05, 3.63) is 0 Å². The highest BCUT2D eigenvalue weighted by molar-refractivity contribution is 4.65. The highest BCUT2D eigenvalue weighted by Gasteiger charge is 2.05. The lowest BCUT2D eigenvalue weighted by atomic mass is 10.1. The predicted molar refractivity (Wildman–Crippen MR) is 76.5 cm³/mol. The van der Waals surface area contributed by atoms with Crippen LogP contribution in [-0.2, 0) is 4.74 Å². The van der Waals surface area contributed by atoms with Crippen LogP contribution in [-0.4, -0.2) is 25.8 Å². The number of ether oxygens (including phenoxy) is 1. The molecule has 0 aliphatic heterocycles. The van der Waals surface area contributed by atoms with Crippen LogP contribution in [0.5, 0.6) is 0 Å². The van der Waals surface area contributed by atoms with Crippen molar-refractivity contribution in [2.75, 3.05) is 19.8 Å². The molecule has 17 heavy (non-hydrogen) atoms. The standard InChI is InChI=1S/C15H33NO/c1-5-8-15(16-11-6-2)9-7-12-17-13-10-14(3)4/h14-16H,5-13H2,1-4H3. The van der Waals surface area contributed by atoms with E-state index in [2.05, 4.69) is 33.0 Å². The first-order valence-electron chi connectivity index (χ1n) is 7.51. The second kappa shape index (κ2) is 12.4. The van der Waals surface area contributed by atoms with Crippen LogP contribution in [0.15, 0.2) is 0 Å². The molecule has 0 bridgehead atoms. The third-order valence-electron chi connectivity index (χ3n) is 3.00. The van der Waals surface area contributed by atoms with Gasteiger partial charge in [-0.15, -0.1) is 0 Å². The topological polar surface area (TPSA) is 21.3 Å². The minimum absolute atomic E-state index is 0.702. The molecule has 104 valence electrons. The first kappa shape index (κ1) is 16.9. The summed E-state index contributed by atoms with van der Waals surface area (Å²) < 4.78 is 5.65. The van der Waals surface area contributed by atoms with E-state index >= 15 is 0 Å². The van der Waals surface area contributed by atoms with Gasteiger partial charge in [-0.05, 0) is 44.6 Å². The monoisotopic (exact) mass is 243 g/mol. The fourth-order valence-corrected chi connectivity index (χ4v) is 1.90. The Morgan fingerprint density at radius 3 is 2.29 bits per heavy atom. The van der Waals surface area contributed by atoms with Crippen molar-refractivity contribution >= 4 is 0 Å². The van der Waals surface area contributed by atoms with Crippen LogP contribution in [0.2, 0.25) is 0 Å². The molecule has 1 unspecified atom stereocenters. The van der Waals surface area contributed by atoms with Crippen LogP contribution < -0.4 is 5.32 Å². The van der Waals surface area contributed by atoms with Crippen LogP contribution in [0, 0.1) is 5.92 Å². The number of nitrogens with one attached hydrogen (secondary N) is 1. The van der Waals surface area contributed by atoms with Crippen molar-refractivity contribution in [1.82, 2.24) is 5.32 Å². The Morgan fingerprint density at radius 1 is 0.941 bits per heavy atom. The normalized spacial score (nSPS) is 13.2. The van der Waals surface area contributed by atoms with Crippen molar-refractivity contribution in [1.29, 1.82) is 0 Å². The van der Waals surface area contributed by atoms with Crippen LogP contribution in [0.1, 0.15) is 66.2 Å². The maximum atomic E-state index is 5.65. The first-order valence-corrected chi connectivity index (χ1v) is 7.51. The quantitative estimate of drug-likeness (QED) is 0.523. The molecule has 0 spiro atoms. The molecule has 0 heterocycles. The minimum atomic E-state index is 0.702. The molecule has 1 atom stereocenters. The van der Waals surface area contributed by atoms with Crippen molar-refractivity contribution in [3.8, 4) is 0 Å². The molecule has 0 saturated carbocycles. The first-order chi connectivity index (χ1) is 8.20. The summed E-state index contributed by atoms with van der Waals surface area (Å²) in [4.78, 5) is 0. The summed E-state index contributed by atoms with van der Waals surface area (Å²) in [6, 6.07) is 0.702. The molecule has 2 nitrogen and oxygen atoms in total. The summed E-state index contributed by atoms with van der Waals surface area (Å²) in [5.74, 6) is 0.758. The lowest BCUT2D eigenvalue weighted by molar-refractivity contribution is 0.117. The summed E-state index contributed by atoms with van der Waals surface area (Å²) >= 11 is 0. The summed E-state index contributed by atoms with van der Waals surface area (Å²) in [6.45, 7) is 12.0. The van der Waals surface area contributed by atoms with E-state index in [0.717, 1.165) is 25.7 Å². The minimum Gasteiger partial charge on any atom is -0.381 e. The summed E-state index contributed by atoms with van der Waals surface area (Å²) in [5.41, 5.74) is 0. The molecular formula is C15H33NO. The maximum Gasteiger partial charge on any atom is 0.0468 e. The Kier molecular flexibility index (Phi) is 12.3. The van der Waals surface area contributed by atoms with E-state index in [4.69, 9.17) is 4.74 Å². The van der Waals surface area contributed by atoms with Crippen molar-refractivity contribution in [2.24, 2.45) is 5.92 Å². The SMILES string of the molecule is CCCNC(CCC)CCCOCCC(C)C. The fraction of sp³-hybridized carbons (Fsp3) is 1.00. The molecular weight excluding hydrogens is 210 g/mol. The van der Waals surface area contributed by atoms with Crippen molar-refractivity contribution in [2.45, 2.75) is 72.3 Å². The molecule has 0 aromatic carbocycles. The summed E-state index contributed by atoms with van der Waals surface area (Å²) in [7, 11) is 0. The van der Waals surface area contributed by atoms with Crippen LogP contribution >= 0.6 is 0 Å². The third-order valence-corrected chi connectivity index (χ3v) is 3.00. The zero-order valence-corrected chi connectivity index (χ0v) is 12.4. The lowest BCUT2D eigenvalue weighted by Crippen LogP contribution is -2.29. The van der Waals surface area contributed by atoms with Gasteiger partial charge in [-0.3, -0.25) is 0 Å². The molecule has 0 aliphatic carbocycles. The van der Waals surface area contributed by atoms with Crippen LogP contribution in [0.25, 0.3) is 0 Å². The largest absolute Gasteiger partial charge is 0.381 e. The Morgan fingerprint density at radius 2 is 1.71 bits per heavy atom. The number of rotatable bonds is 12. The molecule has 0 radical (unpaired) electrons. The smallest absolute Gasteiger partial charge is 0.0468 e. The molecule has 2 heteroatoms. The second-order valence-electron chi connectivity index (χ2n) is 5.38. The van der Waals surface area contributed by atoms with Crippen LogP contribution in [0.3, 0.4) is 0 Å². The summed E-state index contributed by atoms with van der Waals surface area (Å²) in [6.07, 6.45) is 7.44. The Labute approximate surface area is 109 Å². The Balaban J connectivity index is 3.40. The second-order valence-corrected chi connectivity index (χ2v) is 5.38. The zero-order valence-electron chi connectivity index (χ0n) is 12.4. The van der Waals surface area contributed by atoms with E-state index in [1.165, 1.54) is 38.5 Å². The van der Waals surface area contributed by atoms with Gasteiger partial charge in [0.25, 0.3) is 0 Å². The molecule has 0 aliphatic rings. The zero-order chi connectivity index (χ0) is 12.9. The third kappa shape index (κ3) is 12.2. The molecule has 0 fully saturated rings. The number of hydrogen-bond donors (Lipinski definition) is 1. The average molecular weight is 243 g/mol. The maximum absolute atomic E-state index is 5.65. The van der Waals surface area contributed by atoms with E-state index in [0.29, 0.717) is 6.04 Å². The number of hydrogen-bond acceptors (Lipinski definition) is 2. The van der Waals surface area contributed by atoms with E-state index in [9.17, 15) is 0 Å². The van der Waals surface area contributed by atoms with E-state index in [-0.39, 0.29) is 0 Å². The van der Waals surface area contributed by atoms with Gasteiger partial charge < -0.3 is 10.1 Å². The average Bonchev–Trinajstić information content (AvgIpc) is 2.29. The molecule has 0 rings (SSSR count). The Bertz CT molecular complexity index is 148. The highest BCUT2D eigenvalue weighted by Crippen LogP contribution is 2.06. The van der Waals surface area contributed by atoms with Crippen LogP contribution in [0.4, 0.5) is 0 Å². The lowest BCUT2D eigenvalue weighted by Gasteiger charge is -2.17. The van der Waals surface area contributed by atoms with Gasteiger partial charge >= 0.3 is 0 Å². The molecule has 1 N–H and O–H groups in total. The Hall–Kier alpha value is -0.0800. The van der Waals surface area contributed by atoms with Gasteiger partial charge in [0.1, 0.15) is 0 Å². The van der Waals surface area contributed by atoms with Gasteiger partial charge in [0, 0.05) is 19.3 Å². The van der Waals surface area contributed by atoms with Gasteiger partial charge in [-0.2, -0.15) is 0 Å². The van der Waals surface area contributed by atoms with Crippen molar-refractivity contribution < 1.29 is 4.74 Å². The fourth-order valence-electron chi connectivity index (χ4n) is 1.90. The van der Waals surface area contributed by atoms with Gasteiger partial charge in [0.2, 0.25) is 0 Å². The molecule has 0 saturated heterocycles. The summed E-state index contributed by atoms with van der Waals surface area (Å²) in [5, 5.41) is 3.62. The van der Waals surface area contributed by atoms with E-state index < -0.39 is 0 Å².